The van der Waals surface area contributed by atoms with Gasteiger partial charge in [0.1, 0.15) is 0 Å². The maximum Gasteiger partial charge on any atom is 0.250 e. The molecule has 132 valence electrons. The van der Waals surface area contributed by atoms with Gasteiger partial charge in [0.25, 0.3) is 0 Å². The van der Waals surface area contributed by atoms with Gasteiger partial charge in [-0.3, -0.25) is 4.79 Å². The number of hydrazone groups is 1. The van der Waals surface area contributed by atoms with Crippen LogP contribution in [-0.2, 0) is 4.79 Å². The number of amides is 1. The van der Waals surface area contributed by atoms with Gasteiger partial charge in [-0.05, 0) is 17.7 Å². The molecule has 0 radical (unpaired) electrons. The first-order chi connectivity index (χ1) is 11.8. The second-order valence-corrected chi connectivity index (χ2v) is 7.84. The lowest BCUT2D eigenvalue weighted by atomic mass is 10.2. The molecule has 0 aromatic heterocycles. The van der Waals surface area contributed by atoms with E-state index in [4.69, 9.17) is 69.6 Å². The molecule has 2 rings (SSSR count). The quantitative estimate of drug-likeness (QED) is 0.168. The number of rotatable bonds is 5. The molecular formula is C15H8Cl6N2OS. The van der Waals surface area contributed by atoms with Crippen LogP contribution in [0.25, 0.3) is 0 Å². The molecular weight excluding hydrogens is 469 g/mol. The minimum Gasteiger partial charge on any atom is -0.272 e. The second-order valence-electron chi connectivity index (χ2n) is 4.53. The Hall–Kier alpha value is -0.330. The third-order valence-corrected chi connectivity index (χ3v) is 6.65. The highest BCUT2D eigenvalue weighted by Crippen LogP contribution is 2.47. The number of carbonyl (C=O) groups excluding carboxylic acids is 1. The molecule has 2 aromatic carbocycles. The van der Waals surface area contributed by atoms with Gasteiger partial charge in [-0.1, -0.05) is 81.7 Å². The van der Waals surface area contributed by atoms with E-state index in [0.717, 1.165) is 17.3 Å². The summed E-state index contributed by atoms with van der Waals surface area (Å²) >= 11 is 36.9. The zero-order valence-corrected chi connectivity index (χ0v) is 17.5. The lowest BCUT2D eigenvalue weighted by Crippen LogP contribution is -2.19. The van der Waals surface area contributed by atoms with E-state index in [-0.39, 0.29) is 36.8 Å². The van der Waals surface area contributed by atoms with E-state index in [0.29, 0.717) is 9.92 Å². The molecule has 2 aromatic rings. The van der Waals surface area contributed by atoms with Crippen LogP contribution < -0.4 is 5.43 Å². The average Bonchev–Trinajstić information content (AvgIpc) is 2.60. The SMILES string of the molecule is O=C(CSc1c(Cl)c(Cl)c(Cl)c(Cl)c1Cl)N/N=C/c1ccc(Cl)cc1. The van der Waals surface area contributed by atoms with Crippen molar-refractivity contribution in [2.24, 2.45) is 5.10 Å². The summed E-state index contributed by atoms with van der Waals surface area (Å²) in [4.78, 5) is 12.2. The highest BCUT2D eigenvalue weighted by Gasteiger charge is 2.20. The molecule has 0 saturated heterocycles. The van der Waals surface area contributed by atoms with E-state index >= 15 is 0 Å². The van der Waals surface area contributed by atoms with Gasteiger partial charge in [0.05, 0.1) is 37.1 Å². The molecule has 0 fully saturated rings. The molecule has 0 aliphatic heterocycles. The van der Waals surface area contributed by atoms with Gasteiger partial charge in [-0.2, -0.15) is 5.10 Å². The summed E-state index contributed by atoms with van der Waals surface area (Å²) in [7, 11) is 0. The summed E-state index contributed by atoms with van der Waals surface area (Å²) in [5.74, 6) is -0.351. The van der Waals surface area contributed by atoms with Crippen molar-refractivity contribution in [3.8, 4) is 0 Å². The molecule has 0 atom stereocenters. The summed E-state index contributed by atoms with van der Waals surface area (Å²) in [6.45, 7) is 0. The molecule has 0 aliphatic carbocycles. The predicted molar refractivity (Wildman–Crippen MR) is 109 cm³/mol. The summed E-state index contributed by atoms with van der Waals surface area (Å²) in [5.41, 5.74) is 3.19. The van der Waals surface area contributed by atoms with E-state index in [2.05, 4.69) is 10.5 Å². The Morgan fingerprint density at radius 3 is 2.00 bits per heavy atom. The largest absolute Gasteiger partial charge is 0.272 e. The monoisotopic (exact) mass is 474 g/mol. The van der Waals surface area contributed by atoms with Crippen molar-refractivity contribution in [1.82, 2.24) is 5.43 Å². The van der Waals surface area contributed by atoms with Gasteiger partial charge in [0, 0.05) is 9.92 Å². The fourth-order valence-electron chi connectivity index (χ4n) is 1.61. The number of hydrogen-bond acceptors (Lipinski definition) is 3. The normalized spacial score (nSPS) is 11.1. The fraction of sp³-hybridized carbons (Fsp3) is 0.0667. The number of hydrogen-bond donors (Lipinski definition) is 1. The molecule has 1 amide bonds. The van der Waals surface area contributed by atoms with Crippen molar-refractivity contribution < 1.29 is 4.79 Å². The van der Waals surface area contributed by atoms with Crippen LogP contribution in [0.2, 0.25) is 30.1 Å². The minimum absolute atomic E-state index is 0.00564. The summed E-state index contributed by atoms with van der Waals surface area (Å²) in [5, 5.41) is 5.00. The standard InChI is InChI=1S/C15H8Cl6N2OS/c16-8-3-1-7(2-4-8)5-22-23-9(24)6-25-15-13(20)11(18)10(17)12(19)14(15)21/h1-5H,6H2,(H,23,24)/b22-5+. The van der Waals surface area contributed by atoms with E-state index in [1.807, 2.05) is 0 Å². The number of benzene rings is 2. The highest BCUT2D eigenvalue weighted by atomic mass is 35.5. The van der Waals surface area contributed by atoms with Crippen LogP contribution in [0, 0.1) is 0 Å². The van der Waals surface area contributed by atoms with Gasteiger partial charge in [0.2, 0.25) is 5.91 Å². The van der Waals surface area contributed by atoms with Crippen molar-refractivity contribution in [2.75, 3.05) is 5.75 Å². The number of carbonyl (C=O) groups is 1. The Kier molecular flexibility index (Phi) is 8.02. The topological polar surface area (TPSA) is 41.5 Å². The Morgan fingerprint density at radius 1 is 0.920 bits per heavy atom. The Balaban J connectivity index is 1.97. The van der Waals surface area contributed by atoms with Gasteiger partial charge in [-0.15, -0.1) is 11.8 Å². The van der Waals surface area contributed by atoms with Crippen molar-refractivity contribution in [2.45, 2.75) is 4.90 Å². The van der Waals surface area contributed by atoms with E-state index < -0.39 is 0 Å². The number of nitrogens with one attached hydrogen (secondary N) is 1. The molecule has 0 aliphatic rings. The summed E-state index contributed by atoms with van der Waals surface area (Å²) in [6, 6.07) is 6.98. The van der Waals surface area contributed by atoms with Crippen LogP contribution in [0.5, 0.6) is 0 Å². The number of halogens is 6. The summed E-state index contributed by atoms with van der Waals surface area (Å²) in [6.07, 6.45) is 1.49. The van der Waals surface area contributed by atoms with Crippen molar-refractivity contribution in [3.05, 3.63) is 60.0 Å². The van der Waals surface area contributed by atoms with Crippen molar-refractivity contribution in [1.29, 1.82) is 0 Å². The first-order valence-electron chi connectivity index (χ1n) is 6.53. The van der Waals surface area contributed by atoms with E-state index in [1.165, 1.54) is 6.21 Å². The molecule has 0 bridgehead atoms. The van der Waals surface area contributed by atoms with Crippen LogP contribution in [0.3, 0.4) is 0 Å². The second kappa shape index (κ2) is 9.56. The maximum absolute atomic E-state index is 11.9. The van der Waals surface area contributed by atoms with Gasteiger partial charge in [0.15, 0.2) is 0 Å². The van der Waals surface area contributed by atoms with Gasteiger partial charge in [-0.25, -0.2) is 5.43 Å². The maximum atomic E-state index is 11.9. The lowest BCUT2D eigenvalue weighted by molar-refractivity contribution is -0.118. The molecule has 25 heavy (non-hydrogen) atoms. The summed E-state index contributed by atoms with van der Waals surface area (Å²) < 4.78 is 0. The third-order valence-electron chi connectivity index (χ3n) is 2.79. The first kappa shape index (κ1) is 21.0. The minimum atomic E-state index is -0.357. The highest BCUT2D eigenvalue weighted by molar-refractivity contribution is 8.00. The first-order valence-corrected chi connectivity index (χ1v) is 9.78. The van der Waals surface area contributed by atoms with Gasteiger partial charge < -0.3 is 0 Å². The van der Waals surface area contributed by atoms with E-state index in [1.54, 1.807) is 24.3 Å². The Bertz CT molecular complexity index is 797. The number of nitrogens with zero attached hydrogens (tertiary/aromatic N) is 1. The van der Waals surface area contributed by atoms with Crippen LogP contribution in [0.1, 0.15) is 5.56 Å². The number of thioether (sulfide) groups is 1. The van der Waals surface area contributed by atoms with Crippen molar-refractivity contribution in [3.63, 3.8) is 0 Å². The fourth-order valence-corrected chi connectivity index (χ4v) is 4.11. The third kappa shape index (κ3) is 5.57. The molecule has 3 nitrogen and oxygen atoms in total. The van der Waals surface area contributed by atoms with Crippen LogP contribution in [0.4, 0.5) is 0 Å². The van der Waals surface area contributed by atoms with E-state index in [9.17, 15) is 4.79 Å². The van der Waals surface area contributed by atoms with Crippen LogP contribution in [0.15, 0.2) is 34.3 Å². The lowest BCUT2D eigenvalue weighted by Gasteiger charge is -2.11. The average molecular weight is 477 g/mol. The van der Waals surface area contributed by atoms with Crippen molar-refractivity contribution >= 4 is 93.5 Å². The van der Waals surface area contributed by atoms with Crippen LogP contribution in [-0.4, -0.2) is 17.9 Å². The zero-order chi connectivity index (χ0) is 18.6. The smallest absolute Gasteiger partial charge is 0.250 e. The predicted octanol–water partition coefficient (Wildman–Crippen LogP) is 6.85. The molecule has 0 unspecified atom stereocenters. The van der Waals surface area contributed by atoms with Gasteiger partial charge >= 0.3 is 0 Å². The Morgan fingerprint density at radius 2 is 1.44 bits per heavy atom. The Labute approximate surface area is 178 Å². The zero-order valence-electron chi connectivity index (χ0n) is 12.1. The molecule has 1 N–H and O–H groups in total. The molecule has 10 heteroatoms. The van der Waals surface area contributed by atoms with Crippen LogP contribution >= 0.6 is 81.4 Å². The molecule has 0 saturated carbocycles. The molecule has 0 heterocycles. The molecule has 0 spiro atoms.